The maximum Gasteiger partial charge on any atom is 0.330 e. The van der Waals surface area contributed by atoms with Crippen molar-refractivity contribution < 1.29 is 14.1 Å². The Kier molecular flexibility index (Phi) is 4.06. The van der Waals surface area contributed by atoms with Crippen molar-refractivity contribution in [2.75, 3.05) is 0 Å². The number of benzene rings is 1. The maximum atomic E-state index is 13.2. The second-order valence-electron chi connectivity index (χ2n) is 4.53. The minimum atomic E-state index is -0.710. The lowest BCUT2D eigenvalue weighted by atomic mass is 10.3. The van der Waals surface area contributed by atoms with Gasteiger partial charge >= 0.3 is 11.4 Å². The van der Waals surface area contributed by atoms with Gasteiger partial charge in [-0.05, 0) is 6.07 Å². The molecule has 0 spiro atoms. The molecule has 0 unspecified atom stereocenters. The molecule has 0 saturated heterocycles. The summed E-state index contributed by atoms with van der Waals surface area (Å²) in [6, 6.07) is 3.97. The molecule has 0 atom stereocenters. The molecule has 0 fully saturated rings. The van der Waals surface area contributed by atoms with Crippen LogP contribution in [-0.4, -0.2) is 14.1 Å². The van der Waals surface area contributed by atoms with Crippen LogP contribution in [-0.2, 0) is 20.7 Å². The van der Waals surface area contributed by atoms with E-state index in [1.165, 1.54) is 24.7 Å². The van der Waals surface area contributed by atoms with Crippen molar-refractivity contribution in [2.24, 2.45) is 14.1 Å². The van der Waals surface area contributed by atoms with Crippen LogP contribution in [0.2, 0.25) is 0 Å². The molecule has 0 amide bonds. The minimum Gasteiger partial charge on any atom is -0.480 e. The fourth-order valence-electron chi connectivity index (χ4n) is 1.82. The molecule has 0 aliphatic rings. The van der Waals surface area contributed by atoms with Crippen LogP contribution in [0.3, 0.4) is 0 Å². The Balaban J connectivity index is 2.36. The molecule has 0 aliphatic heterocycles. The van der Waals surface area contributed by atoms with Crippen LogP contribution in [0, 0.1) is 15.9 Å². The predicted molar refractivity (Wildman–Crippen MR) is 74.3 cm³/mol. The van der Waals surface area contributed by atoms with Gasteiger partial charge in [-0.3, -0.25) is 24.0 Å². The van der Waals surface area contributed by atoms with Gasteiger partial charge in [-0.25, -0.2) is 9.18 Å². The Morgan fingerprint density at radius 1 is 1.23 bits per heavy atom. The molecule has 22 heavy (non-hydrogen) atoms. The first kappa shape index (κ1) is 15.4. The van der Waals surface area contributed by atoms with Crippen molar-refractivity contribution in [1.82, 2.24) is 9.13 Å². The number of nitro groups is 1. The summed E-state index contributed by atoms with van der Waals surface area (Å²) in [7, 11) is 2.76. The van der Waals surface area contributed by atoms with E-state index in [0.29, 0.717) is 0 Å². The highest BCUT2D eigenvalue weighted by Gasteiger charge is 2.17. The summed E-state index contributed by atoms with van der Waals surface area (Å²) in [5, 5.41) is 10.9. The van der Waals surface area contributed by atoms with Crippen LogP contribution in [0.5, 0.6) is 5.75 Å². The smallest absolute Gasteiger partial charge is 0.330 e. The Hall–Kier alpha value is -2.97. The summed E-state index contributed by atoms with van der Waals surface area (Å²) in [6.07, 6.45) is 0. The van der Waals surface area contributed by atoms with Crippen LogP contribution in [0.4, 0.5) is 10.1 Å². The van der Waals surface area contributed by atoms with Gasteiger partial charge in [0.25, 0.3) is 5.56 Å². The third kappa shape index (κ3) is 2.87. The van der Waals surface area contributed by atoms with E-state index in [9.17, 15) is 24.1 Å². The van der Waals surface area contributed by atoms with Gasteiger partial charge in [-0.15, -0.1) is 0 Å². The van der Waals surface area contributed by atoms with Gasteiger partial charge in [0.1, 0.15) is 12.4 Å². The Bertz CT molecular complexity index is 856. The normalized spacial score (nSPS) is 10.5. The molecule has 1 heterocycles. The third-order valence-electron chi connectivity index (χ3n) is 3.12. The highest BCUT2D eigenvalue weighted by Crippen LogP contribution is 2.27. The maximum absolute atomic E-state index is 13.2. The van der Waals surface area contributed by atoms with E-state index >= 15 is 0 Å². The molecule has 0 bridgehead atoms. The Labute approximate surface area is 123 Å². The molecule has 1 aromatic carbocycles. The first-order valence-electron chi connectivity index (χ1n) is 6.14. The van der Waals surface area contributed by atoms with Crippen molar-refractivity contribution in [3.8, 4) is 5.75 Å². The van der Waals surface area contributed by atoms with Crippen molar-refractivity contribution >= 4 is 5.69 Å². The standard InChI is InChI=1S/C13H12FN3O5/c1-15-9(6-12(18)16(2)13(15)19)7-22-11-5-8(14)3-4-10(11)17(20)21/h3-6H,7H2,1-2H3. The lowest BCUT2D eigenvalue weighted by molar-refractivity contribution is -0.386. The minimum absolute atomic E-state index is 0.214. The number of hydrogen-bond acceptors (Lipinski definition) is 5. The van der Waals surface area contributed by atoms with E-state index in [0.717, 1.165) is 22.8 Å². The van der Waals surface area contributed by atoms with E-state index in [4.69, 9.17) is 4.74 Å². The summed E-state index contributed by atoms with van der Waals surface area (Å²) in [5.41, 5.74) is -1.28. The van der Waals surface area contributed by atoms with Crippen LogP contribution < -0.4 is 16.0 Å². The summed E-state index contributed by atoms with van der Waals surface area (Å²) in [6.45, 7) is -0.286. The van der Waals surface area contributed by atoms with Crippen molar-refractivity contribution in [1.29, 1.82) is 0 Å². The fraction of sp³-hybridized carbons (Fsp3) is 0.231. The number of nitro benzene ring substituents is 1. The molecule has 0 aliphatic carbocycles. The number of hydrogen-bond donors (Lipinski definition) is 0. The van der Waals surface area contributed by atoms with Crippen molar-refractivity contribution in [3.05, 3.63) is 66.7 Å². The summed E-state index contributed by atoms with van der Waals surface area (Å²) < 4.78 is 20.5. The molecule has 9 heteroatoms. The van der Waals surface area contributed by atoms with Crippen LogP contribution >= 0.6 is 0 Å². The van der Waals surface area contributed by atoms with Gasteiger partial charge in [0.15, 0.2) is 5.75 Å². The lowest BCUT2D eigenvalue weighted by Crippen LogP contribution is -2.38. The average Bonchev–Trinajstić information content (AvgIpc) is 2.47. The Morgan fingerprint density at radius 3 is 2.55 bits per heavy atom. The zero-order valence-corrected chi connectivity index (χ0v) is 11.8. The molecule has 0 radical (unpaired) electrons. The van der Waals surface area contributed by atoms with Gasteiger partial charge in [0, 0.05) is 32.3 Å². The number of rotatable bonds is 4. The van der Waals surface area contributed by atoms with E-state index in [1.807, 2.05) is 0 Å². The van der Waals surface area contributed by atoms with E-state index in [2.05, 4.69) is 0 Å². The zero-order chi connectivity index (χ0) is 16.4. The molecule has 2 aromatic rings. The van der Waals surface area contributed by atoms with E-state index in [-0.39, 0.29) is 18.1 Å². The SMILES string of the molecule is Cn1c(COc2cc(F)ccc2[N+](=O)[O-])cc(=O)n(C)c1=O. The Morgan fingerprint density at radius 2 is 1.91 bits per heavy atom. The molecule has 8 nitrogen and oxygen atoms in total. The summed E-state index contributed by atoms with van der Waals surface area (Å²) in [4.78, 5) is 33.5. The number of aromatic nitrogens is 2. The van der Waals surface area contributed by atoms with Gasteiger partial charge in [-0.2, -0.15) is 0 Å². The highest BCUT2D eigenvalue weighted by atomic mass is 19.1. The number of nitrogens with zero attached hydrogens (tertiary/aromatic N) is 3. The summed E-state index contributed by atoms with van der Waals surface area (Å²) >= 11 is 0. The quantitative estimate of drug-likeness (QED) is 0.612. The molecule has 1 aromatic heterocycles. The highest BCUT2D eigenvalue weighted by molar-refractivity contribution is 5.46. The molecular formula is C13H12FN3O5. The zero-order valence-electron chi connectivity index (χ0n) is 11.8. The van der Waals surface area contributed by atoms with Crippen LogP contribution in [0.25, 0.3) is 0 Å². The summed E-state index contributed by atoms with van der Waals surface area (Å²) in [5.74, 6) is -0.975. The van der Waals surface area contributed by atoms with E-state index < -0.39 is 27.7 Å². The molecule has 0 N–H and O–H groups in total. The van der Waals surface area contributed by atoms with Gasteiger partial charge in [0.05, 0.1) is 10.6 Å². The number of halogens is 1. The lowest BCUT2D eigenvalue weighted by Gasteiger charge is -2.11. The van der Waals surface area contributed by atoms with E-state index in [1.54, 1.807) is 0 Å². The first-order valence-corrected chi connectivity index (χ1v) is 6.14. The second kappa shape index (κ2) is 5.80. The van der Waals surface area contributed by atoms with Crippen molar-refractivity contribution in [3.63, 3.8) is 0 Å². The molecule has 116 valence electrons. The number of ether oxygens (including phenoxy) is 1. The van der Waals surface area contributed by atoms with Gasteiger partial charge in [-0.1, -0.05) is 0 Å². The van der Waals surface area contributed by atoms with Crippen LogP contribution in [0.15, 0.2) is 33.9 Å². The van der Waals surface area contributed by atoms with Gasteiger partial charge < -0.3 is 4.74 Å². The van der Waals surface area contributed by atoms with Crippen molar-refractivity contribution in [2.45, 2.75) is 6.61 Å². The van der Waals surface area contributed by atoms with Crippen LogP contribution in [0.1, 0.15) is 5.69 Å². The fourth-order valence-corrected chi connectivity index (χ4v) is 1.82. The predicted octanol–water partition coefficient (Wildman–Crippen LogP) is 0.710. The van der Waals surface area contributed by atoms with Gasteiger partial charge in [0.2, 0.25) is 0 Å². The topological polar surface area (TPSA) is 96.4 Å². The second-order valence-corrected chi connectivity index (χ2v) is 4.53. The monoisotopic (exact) mass is 309 g/mol. The first-order chi connectivity index (χ1) is 10.3. The average molecular weight is 309 g/mol. The molecule has 2 rings (SSSR count). The third-order valence-corrected chi connectivity index (χ3v) is 3.12. The molecular weight excluding hydrogens is 297 g/mol. The largest absolute Gasteiger partial charge is 0.480 e. The molecule has 0 saturated carbocycles.